The summed E-state index contributed by atoms with van der Waals surface area (Å²) in [7, 11) is 0. The molecule has 0 aromatic rings. The molecule has 0 unspecified atom stereocenters. The van der Waals surface area contributed by atoms with Gasteiger partial charge in [0.2, 0.25) is 0 Å². The molecule has 64 valence electrons. The minimum absolute atomic E-state index is 0.149. The van der Waals surface area contributed by atoms with Crippen molar-refractivity contribution in [3.05, 3.63) is 0 Å². The fourth-order valence-corrected chi connectivity index (χ4v) is 4.89. The summed E-state index contributed by atoms with van der Waals surface area (Å²) in [6.07, 6.45) is 5.84. The summed E-state index contributed by atoms with van der Waals surface area (Å²) in [6.45, 7) is 4.58. The molecule has 0 atom stereocenters. The van der Waals surface area contributed by atoms with E-state index in [-0.39, 0.29) is 21.1 Å². The van der Waals surface area contributed by atoms with E-state index in [2.05, 4.69) is 13.8 Å². The second kappa shape index (κ2) is 17.5. The van der Waals surface area contributed by atoms with Crippen molar-refractivity contribution in [2.75, 3.05) is 0 Å². The van der Waals surface area contributed by atoms with Crippen molar-refractivity contribution in [2.45, 2.75) is 48.4 Å². The zero-order valence-electron chi connectivity index (χ0n) is 7.65. The first-order valence-electron chi connectivity index (χ1n) is 4.33. The number of hydrogen-bond donors (Lipinski definition) is 0. The number of rotatable bonds is 6. The molecule has 0 aromatic carbocycles. The third-order valence-electron chi connectivity index (χ3n) is 1.41. The van der Waals surface area contributed by atoms with Crippen molar-refractivity contribution in [3.8, 4) is 0 Å². The molecule has 0 aliphatic rings. The summed E-state index contributed by atoms with van der Waals surface area (Å²) in [5.74, 6) is 0. The Bertz CT molecular complexity index is 54.1. The van der Waals surface area contributed by atoms with E-state index in [0.717, 1.165) is 0 Å². The van der Waals surface area contributed by atoms with Gasteiger partial charge in [-0.3, -0.25) is 0 Å². The zero-order chi connectivity index (χ0) is 8.95. The first-order valence-corrected chi connectivity index (χ1v) is 9.53. The van der Waals surface area contributed by atoms with Crippen molar-refractivity contribution in [2.24, 2.45) is 0 Å². The monoisotopic (exact) mass is 370 g/mol. The third kappa shape index (κ3) is 18.4. The van der Waals surface area contributed by atoms with Gasteiger partial charge in [-0.1, -0.05) is 0 Å². The quantitative estimate of drug-likeness (QED) is 0.521. The Balaban J connectivity index is 0. The average molecular weight is 368 g/mol. The van der Waals surface area contributed by atoms with E-state index in [0.29, 0.717) is 22.5 Å². The van der Waals surface area contributed by atoms with Crippen molar-refractivity contribution in [1.29, 1.82) is 0 Å². The topological polar surface area (TPSA) is 17.1 Å². The van der Waals surface area contributed by atoms with Gasteiger partial charge in [0.15, 0.2) is 0 Å². The Labute approximate surface area is 94.4 Å². The fraction of sp³-hybridized carbons (Fsp3) is 1.00. The normalized spacial score (nSPS) is 8.55. The predicted octanol–water partition coefficient (Wildman–Crippen LogP) is 2.63. The molecule has 0 bridgehead atoms. The summed E-state index contributed by atoms with van der Waals surface area (Å²) in [5, 5.41) is 0. The molecule has 0 N–H and O–H groups in total. The Morgan fingerprint density at radius 3 is 1.64 bits per heavy atom. The molecule has 1 nitrogen and oxygen atoms in total. The standard InChI is InChI=1S/2C4H9.O.2Sn/c2*1-3-4-2;;;/h2*1,3-4H2,2H3;;;. The Morgan fingerprint density at radius 2 is 1.36 bits per heavy atom. The second-order valence-corrected chi connectivity index (χ2v) is 6.74. The van der Waals surface area contributed by atoms with Gasteiger partial charge in [-0.2, -0.15) is 0 Å². The molecular formula is C8H18OSn2. The number of unbranched alkanes of at least 4 members (excludes halogenated alkanes) is 2. The van der Waals surface area contributed by atoms with Crippen LogP contribution < -0.4 is 0 Å². The Hall–Kier alpha value is 1.40. The molecule has 0 saturated heterocycles. The summed E-state index contributed by atoms with van der Waals surface area (Å²) in [4.78, 5) is 0. The van der Waals surface area contributed by atoms with Gasteiger partial charge >= 0.3 is 95.1 Å². The van der Waals surface area contributed by atoms with Crippen molar-refractivity contribution >= 4 is 43.7 Å². The molecule has 3 heteroatoms. The van der Waals surface area contributed by atoms with Crippen LogP contribution in [0.1, 0.15) is 39.5 Å². The summed E-state index contributed by atoms with van der Waals surface area (Å²) in [6, 6.07) is 0. The van der Waals surface area contributed by atoms with Crippen LogP contribution in [0.5, 0.6) is 0 Å². The van der Waals surface area contributed by atoms with Crippen molar-refractivity contribution < 1.29 is 3.08 Å². The molecule has 0 fully saturated rings. The summed E-state index contributed by atoms with van der Waals surface area (Å²) >= 11 is 0.449. The molecule has 0 aliphatic carbocycles. The molecule has 0 spiro atoms. The molecule has 11 heavy (non-hydrogen) atoms. The van der Waals surface area contributed by atoms with Gasteiger partial charge in [0, 0.05) is 0 Å². The Morgan fingerprint density at radius 1 is 1.00 bits per heavy atom. The van der Waals surface area contributed by atoms with Gasteiger partial charge < -0.3 is 0 Å². The van der Waals surface area contributed by atoms with Gasteiger partial charge in [0.25, 0.3) is 0 Å². The molecule has 0 heterocycles. The molecule has 4 radical (unpaired) electrons. The van der Waals surface area contributed by atoms with Crippen LogP contribution in [0.3, 0.4) is 0 Å². The van der Waals surface area contributed by atoms with E-state index in [1.807, 2.05) is 0 Å². The average Bonchev–Trinajstić information content (AvgIpc) is 2.08. The predicted molar refractivity (Wildman–Crippen MR) is 51.6 cm³/mol. The van der Waals surface area contributed by atoms with E-state index >= 15 is 0 Å². The fourth-order valence-electron chi connectivity index (χ4n) is 0.729. The van der Waals surface area contributed by atoms with E-state index < -0.39 is 0 Å². The van der Waals surface area contributed by atoms with Crippen LogP contribution in [-0.2, 0) is 3.08 Å². The molecule has 0 aliphatic heterocycles. The Kier molecular flexibility index (Phi) is 23.7. The van der Waals surface area contributed by atoms with Crippen LogP contribution in [0.15, 0.2) is 0 Å². The maximum atomic E-state index is 8.34. The zero-order valence-corrected chi connectivity index (χ0v) is 13.4. The van der Waals surface area contributed by atoms with Crippen LogP contribution in [-0.4, -0.2) is 43.7 Å². The van der Waals surface area contributed by atoms with Crippen LogP contribution in [0.4, 0.5) is 0 Å². The number of hydrogen-bond acceptors (Lipinski definition) is 1. The molecule has 0 rings (SSSR count). The van der Waals surface area contributed by atoms with Gasteiger partial charge in [-0.05, 0) is 0 Å². The van der Waals surface area contributed by atoms with Gasteiger partial charge in [0.1, 0.15) is 0 Å². The maximum absolute atomic E-state index is 8.34. The molecular weight excluding hydrogens is 350 g/mol. The summed E-state index contributed by atoms with van der Waals surface area (Å²) < 4.78 is 11.6. The first kappa shape index (κ1) is 14.9. The van der Waals surface area contributed by atoms with Crippen molar-refractivity contribution in [3.63, 3.8) is 0 Å². The van der Waals surface area contributed by atoms with E-state index in [4.69, 9.17) is 3.08 Å². The third-order valence-corrected chi connectivity index (χ3v) is 5.45. The minimum atomic E-state index is 0.149. The second-order valence-electron chi connectivity index (χ2n) is 2.46. The summed E-state index contributed by atoms with van der Waals surface area (Å²) in [5.41, 5.74) is 0. The van der Waals surface area contributed by atoms with Gasteiger partial charge in [-0.15, -0.1) is 0 Å². The van der Waals surface area contributed by atoms with Crippen LogP contribution >= 0.6 is 0 Å². The molecule has 0 aromatic heterocycles. The molecule has 0 saturated carbocycles. The molecule has 0 amide bonds. The van der Waals surface area contributed by atoms with Crippen LogP contribution in [0.25, 0.3) is 0 Å². The van der Waals surface area contributed by atoms with Crippen molar-refractivity contribution in [1.82, 2.24) is 0 Å². The first-order chi connectivity index (χ1) is 5.41. The van der Waals surface area contributed by atoms with Crippen LogP contribution in [0, 0.1) is 0 Å². The van der Waals surface area contributed by atoms with E-state index in [9.17, 15) is 0 Å². The van der Waals surface area contributed by atoms with Crippen LogP contribution in [0.2, 0.25) is 8.87 Å². The van der Waals surface area contributed by atoms with Gasteiger partial charge in [-0.25, -0.2) is 0 Å². The van der Waals surface area contributed by atoms with E-state index in [1.165, 1.54) is 25.7 Å². The SMILES string of the molecule is CCC[CH2][Sn][CH2]CCC.[O]=[Sn]. The van der Waals surface area contributed by atoms with E-state index in [1.54, 1.807) is 8.87 Å². The van der Waals surface area contributed by atoms with Gasteiger partial charge in [0.05, 0.1) is 0 Å².